The van der Waals surface area contributed by atoms with Crippen molar-refractivity contribution in [2.75, 3.05) is 13.1 Å². The summed E-state index contributed by atoms with van der Waals surface area (Å²) in [6.07, 6.45) is 2.02. The molecule has 0 aromatic rings. The van der Waals surface area contributed by atoms with Gasteiger partial charge in [0.25, 0.3) is 0 Å². The monoisotopic (exact) mass is 227 g/mol. The molecule has 0 bridgehead atoms. The lowest BCUT2D eigenvalue weighted by Gasteiger charge is -2.35. The molecule has 1 unspecified atom stereocenters. The summed E-state index contributed by atoms with van der Waals surface area (Å²) in [5, 5.41) is 12.6. The van der Waals surface area contributed by atoms with Crippen molar-refractivity contribution in [3.8, 4) is 0 Å². The average molecular weight is 227 g/mol. The van der Waals surface area contributed by atoms with Crippen LogP contribution in [0.5, 0.6) is 0 Å². The zero-order valence-electron chi connectivity index (χ0n) is 10.9. The second kappa shape index (κ2) is 5.17. The molecule has 1 aliphatic rings. The summed E-state index contributed by atoms with van der Waals surface area (Å²) < 4.78 is 0. The summed E-state index contributed by atoms with van der Waals surface area (Å²) >= 11 is 0. The zero-order valence-corrected chi connectivity index (χ0v) is 10.9. The van der Waals surface area contributed by atoms with Gasteiger partial charge in [-0.15, -0.1) is 0 Å². The fraction of sp³-hybridized carbons (Fsp3) is 0.923. The van der Waals surface area contributed by atoms with Crippen molar-refractivity contribution in [2.24, 2.45) is 23.2 Å². The van der Waals surface area contributed by atoms with Gasteiger partial charge >= 0.3 is 5.97 Å². The van der Waals surface area contributed by atoms with Gasteiger partial charge in [0.15, 0.2) is 0 Å². The van der Waals surface area contributed by atoms with Gasteiger partial charge in [0, 0.05) is 13.1 Å². The molecule has 1 rings (SSSR count). The lowest BCUT2D eigenvalue weighted by molar-refractivity contribution is -0.145. The number of hydrogen-bond acceptors (Lipinski definition) is 2. The van der Waals surface area contributed by atoms with Crippen molar-refractivity contribution < 1.29 is 9.90 Å². The molecule has 1 saturated heterocycles. The van der Waals surface area contributed by atoms with E-state index in [0.29, 0.717) is 18.4 Å². The molecule has 0 amide bonds. The van der Waals surface area contributed by atoms with Crippen LogP contribution in [-0.2, 0) is 4.79 Å². The van der Waals surface area contributed by atoms with Crippen molar-refractivity contribution in [2.45, 2.75) is 40.5 Å². The first-order valence-corrected chi connectivity index (χ1v) is 6.31. The van der Waals surface area contributed by atoms with Crippen LogP contribution in [0, 0.1) is 23.2 Å². The van der Waals surface area contributed by atoms with Crippen LogP contribution in [0.15, 0.2) is 0 Å². The highest BCUT2D eigenvalue weighted by atomic mass is 16.4. The molecule has 0 aliphatic carbocycles. The summed E-state index contributed by atoms with van der Waals surface area (Å²) in [6, 6.07) is 0. The predicted octanol–water partition coefficient (Wildman–Crippen LogP) is 2.37. The maximum Gasteiger partial charge on any atom is 0.308 e. The summed E-state index contributed by atoms with van der Waals surface area (Å²) in [7, 11) is 0. The number of aliphatic carboxylic acids is 1. The number of carboxylic acids is 1. The first kappa shape index (κ1) is 13.5. The Morgan fingerprint density at radius 2 is 1.81 bits per heavy atom. The molecular formula is C13H25NO2. The average Bonchev–Trinajstić information content (AvgIpc) is 2.45. The van der Waals surface area contributed by atoms with Gasteiger partial charge in [0.05, 0.1) is 5.92 Å². The normalized spacial score (nSPS) is 24.2. The molecule has 0 spiro atoms. The Morgan fingerprint density at radius 3 is 2.19 bits per heavy atom. The van der Waals surface area contributed by atoms with Crippen LogP contribution in [0.3, 0.4) is 0 Å². The SMILES string of the molecule is CC(C)CC1(CC(C)C)CNCC1C(=O)O. The summed E-state index contributed by atoms with van der Waals surface area (Å²) in [6.45, 7) is 10.2. The quantitative estimate of drug-likeness (QED) is 0.758. The van der Waals surface area contributed by atoms with E-state index in [1.165, 1.54) is 0 Å². The van der Waals surface area contributed by atoms with Crippen molar-refractivity contribution in [3.05, 3.63) is 0 Å². The lowest BCUT2D eigenvalue weighted by atomic mass is 9.68. The maximum atomic E-state index is 11.3. The molecule has 0 aromatic heterocycles. The molecule has 1 atom stereocenters. The molecule has 1 heterocycles. The van der Waals surface area contributed by atoms with Crippen LogP contribution in [0.2, 0.25) is 0 Å². The van der Waals surface area contributed by atoms with Gasteiger partial charge in [-0.2, -0.15) is 0 Å². The standard InChI is InChI=1S/C13H25NO2/c1-9(2)5-13(6-10(3)4)8-14-7-11(13)12(15)16/h9-11,14H,5-8H2,1-4H3,(H,15,16). The predicted molar refractivity (Wildman–Crippen MR) is 65.3 cm³/mol. The Bertz CT molecular complexity index is 238. The number of rotatable bonds is 5. The van der Waals surface area contributed by atoms with E-state index >= 15 is 0 Å². The van der Waals surface area contributed by atoms with E-state index in [0.717, 1.165) is 19.4 Å². The molecule has 0 saturated carbocycles. The van der Waals surface area contributed by atoms with Gasteiger partial charge < -0.3 is 10.4 Å². The molecule has 0 radical (unpaired) electrons. The van der Waals surface area contributed by atoms with Crippen molar-refractivity contribution in [3.63, 3.8) is 0 Å². The second-order valence-electron chi connectivity index (χ2n) is 6.08. The maximum absolute atomic E-state index is 11.3. The van der Waals surface area contributed by atoms with E-state index in [-0.39, 0.29) is 11.3 Å². The first-order valence-electron chi connectivity index (χ1n) is 6.31. The van der Waals surface area contributed by atoms with Gasteiger partial charge in [-0.1, -0.05) is 27.7 Å². The van der Waals surface area contributed by atoms with Gasteiger partial charge in [0.2, 0.25) is 0 Å². The van der Waals surface area contributed by atoms with Crippen LogP contribution >= 0.6 is 0 Å². The fourth-order valence-corrected chi connectivity index (χ4v) is 3.29. The van der Waals surface area contributed by atoms with Gasteiger partial charge in [0.1, 0.15) is 0 Å². The third kappa shape index (κ3) is 2.97. The molecule has 1 aliphatic heterocycles. The Labute approximate surface area is 98.6 Å². The van der Waals surface area contributed by atoms with E-state index in [4.69, 9.17) is 0 Å². The van der Waals surface area contributed by atoms with Crippen molar-refractivity contribution in [1.82, 2.24) is 5.32 Å². The van der Waals surface area contributed by atoms with Crippen LogP contribution in [0.25, 0.3) is 0 Å². The van der Waals surface area contributed by atoms with Crippen LogP contribution < -0.4 is 5.32 Å². The highest BCUT2D eigenvalue weighted by Crippen LogP contribution is 2.43. The number of nitrogens with one attached hydrogen (secondary N) is 1. The Balaban J connectivity index is 2.87. The minimum absolute atomic E-state index is 0.0336. The van der Waals surface area contributed by atoms with E-state index in [9.17, 15) is 9.90 Å². The minimum atomic E-state index is -0.633. The topological polar surface area (TPSA) is 49.3 Å². The second-order valence-corrected chi connectivity index (χ2v) is 6.08. The number of carbonyl (C=O) groups is 1. The lowest BCUT2D eigenvalue weighted by Crippen LogP contribution is -2.37. The minimum Gasteiger partial charge on any atom is -0.481 e. The molecular weight excluding hydrogens is 202 g/mol. The van der Waals surface area contributed by atoms with E-state index < -0.39 is 5.97 Å². The van der Waals surface area contributed by atoms with Crippen LogP contribution in [-0.4, -0.2) is 24.2 Å². The molecule has 16 heavy (non-hydrogen) atoms. The number of carboxylic acid groups (broad SMARTS) is 1. The van der Waals surface area contributed by atoms with Gasteiger partial charge in [-0.25, -0.2) is 0 Å². The molecule has 94 valence electrons. The highest BCUT2D eigenvalue weighted by molar-refractivity contribution is 5.72. The summed E-state index contributed by atoms with van der Waals surface area (Å²) in [5.41, 5.74) is -0.0336. The molecule has 3 nitrogen and oxygen atoms in total. The third-order valence-corrected chi connectivity index (χ3v) is 3.49. The summed E-state index contributed by atoms with van der Waals surface area (Å²) in [5.74, 6) is 0.268. The first-order chi connectivity index (χ1) is 7.37. The van der Waals surface area contributed by atoms with Crippen LogP contribution in [0.1, 0.15) is 40.5 Å². The van der Waals surface area contributed by atoms with E-state index in [1.54, 1.807) is 0 Å². The van der Waals surface area contributed by atoms with Crippen molar-refractivity contribution in [1.29, 1.82) is 0 Å². The third-order valence-electron chi connectivity index (χ3n) is 3.49. The molecule has 2 N–H and O–H groups in total. The summed E-state index contributed by atoms with van der Waals surface area (Å²) in [4.78, 5) is 11.3. The molecule has 3 heteroatoms. The fourth-order valence-electron chi connectivity index (χ4n) is 3.29. The zero-order chi connectivity index (χ0) is 12.3. The van der Waals surface area contributed by atoms with E-state index in [2.05, 4.69) is 33.0 Å². The van der Waals surface area contributed by atoms with Gasteiger partial charge in [-0.3, -0.25) is 4.79 Å². The number of hydrogen-bond donors (Lipinski definition) is 2. The smallest absolute Gasteiger partial charge is 0.308 e. The Hall–Kier alpha value is -0.570. The molecule has 0 aromatic carbocycles. The van der Waals surface area contributed by atoms with Gasteiger partial charge in [-0.05, 0) is 30.1 Å². The van der Waals surface area contributed by atoms with Crippen molar-refractivity contribution >= 4 is 5.97 Å². The van der Waals surface area contributed by atoms with Crippen LogP contribution in [0.4, 0.5) is 0 Å². The highest BCUT2D eigenvalue weighted by Gasteiger charge is 2.47. The van der Waals surface area contributed by atoms with E-state index in [1.807, 2.05) is 0 Å². The molecule has 1 fully saturated rings. The Morgan fingerprint density at radius 1 is 1.31 bits per heavy atom. The Kier molecular flexibility index (Phi) is 4.36. The largest absolute Gasteiger partial charge is 0.481 e.